The average molecular weight is 425 g/mol. The van der Waals surface area contributed by atoms with Crippen LogP contribution in [0, 0.1) is 18.3 Å². The molecule has 158 valence electrons. The lowest BCUT2D eigenvalue weighted by Gasteiger charge is -2.28. The number of carbonyl (C=O) groups excluding carboxylic acids is 2. The minimum Gasteiger partial charge on any atom is -0.454 e. The van der Waals surface area contributed by atoms with E-state index in [1.807, 2.05) is 20.0 Å². The molecule has 7 heteroatoms. The van der Waals surface area contributed by atoms with E-state index in [2.05, 4.69) is 6.07 Å². The number of carbonyl (C=O) groups is 2. The van der Waals surface area contributed by atoms with Gasteiger partial charge in [-0.05, 0) is 54.0 Å². The molecule has 3 aromatic rings. The van der Waals surface area contributed by atoms with Gasteiger partial charge in [0.25, 0.3) is 11.8 Å². The molecule has 1 aromatic heterocycles. The van der Waals surface area contributed by atoms with Gasteiger partial charge in [-0.1, -0.05) is 24.3 Å². The smallest absolute Gasteiger partial charge is 0.261 e. The van der Waals surface area contributed by atoms with Gasteiger partial charge in [0.1, 0.15) is 11.8 Å². The van der Waals surface area contributed by atoms with Crippen LogP contribution in [0.15, 0.2) is 48.5 Å². The number of hydrogen-bond donors (Lipinski definition) is 0. The summed E-state index contributed by atoms with van der Waals surface area (Å²) in [6, 6.07) is 16.4. The molecule has 0 N–H and O–H groups in total. The summed E-state index contributed by atoms with van der Waals surface area (Å²) >= 11 is 0. The van der Waals surface area contributed by atoms with Crippen LogP contribution in [0.25, 0.3) is 11.6 Å². The minimum atomic E-state index is -0.381. The molecule has 2 amide bonds. The van der Waals surface area contributed by atoms with E-state index in [-0.39, 0.29) is 25.2 Å². The number of hydrogen-bond acceptors (Lipinski definition) is 5. The zero-order chi connectivity index (χ0) is 22.4. The summed E-state index contributed by atoms with van der Waals surface area (Å²) in [6.07, 6.45) is 1.76. The fourth-order valence-electron chi connectivity index (χ4n) is 4.04. The SMILES string of the molecule is Cc1c(/C=C2/C(=O)N(Cc3ccc4c(c3)OCO4)C(=O)c3ccccc32)cc(C#N)n1C. The van der Waals surface area contributed by atoms with Gasteiger partial charge >= 0.3 is 0 Å². The highest BCUT2D eigenvalue weighted by Gasteiger charge is 2.35. The van der Waals surface area contributed by atoms with Crippen LogP contribution in [0.5, 0.6) is 11.5 Å². The van der Waals surface area contributed by atoms with E-state index in [0.29, 0.717) is 33.9 Å². The van der Waals surface area contributed by atoms with E-state index in [1.165, 1.54) is 4.90 Å². The molecule has 3 heterocycles. The molecule has 32 heavy (non-hydrogen) atoms. The Balaban J connectivity index is 1.58. The number of ether oxygens (including phenoxy) is 2. The van der Waals surface area contributed by atoms with E-state index >= 15 is 0 Å². The second-order valence-electron chi connectivity index (χ2n) is 7.73. The second-order valence-corrected chi connectivity index (χ2v) is 7.73. The van der Waals surface area contributed by atoms with Gasteiger partial charge in [-0.15, -0.1) is 0 Å². The van der Waals surface area contributed by atoms with Crippen molar-refractivity contribution >= 4 is 23.5 Å². The molecular weight excluding hydrogens is 406 g/mol. The van der Waals surface area contributed by atoms with Crippen molar-refractivity contribution in [1.29, 1.82) is 5.26 Å². The molecule has 0 fully saturated rings. The number of nitriles is 1. The van der Waals surface area contributed by atoms with E-state index in [1.54, 1.807) is 53.1 Å². The molecule has 5 rings (SSSR count). The van der Waals surface area contributed by atoms with Crippen LogP contribution < -0.4 is 9.47 Å². The zero-order valence-electron chi connectivity index (χ0n) is 17.6. The number of nitrogens with zero attached hydrogens (tertiary/aromatic N) is 3. The van der Waals surface area contributed by atoms with Gasteiger partial charge in [0, 0.05) is 23.9 Å². The van der Waals surface area contributed by atoms with Crippen molar-refractivity contribution in [2.45, 2.75) is 13.5 Å². The monoisotopic (exact) mass is 425 g/mol. The Bertz CT molecular complexity index is 1360. The molecule has 2 aliphatic heterocycles. The van der Waals surface area contributed by atoms with Crippen molar-refractivity contribution in [2.24, 2.45) is 7.05 Å². The molecule has 0 bridgehead atoms. The van der Waals surface area contributed by atoms with Crippen LogP contribution in [-0.4, -0.2) is 28.1 Å². The standard InChI is InChI=1S/C25H19N3O4/c1-15-17(10-18(12-26)27(15)2)11-21-19-5-3-4-6-20(19)24(29)28(25(21)30)13-16-7-8-22-23(9-16)32-14-31-22/h3-11H,13-14H2,1-2H3/b21-11+. The summed E-state index contributed by atoms with van der Waals surface area (Å²) in [6.45, 7) is 2.15. The van der Waals surface area contributed by atoms with Crippen LogP contribution in [0.3, 0.4) is 0 Å². The summed E-state index contributed by atoms with van der Waals surface area (Å²) in [7, 11) is 1.81. The quantitative estimate of drug-likeness (QED) is 0.472. The van der Waals surface area contributed by atoms with E-state index in [9.17, 15) is 14.9 Å². The van der Waals surface area contributed by atoms with Crippen molar-refractivity contribution in [2.75, 3.05) is 6.79 Å². The number of rotatable bonds is 3. The second kappa shape index (κ2) is 7.43. The van der Waals surface area contributed by atoms with E-state index in [0.717, 1.165) is 16.8 Å². The normalized spacial score (nSPS) is 15.8. The van der Waals surface area contributed by atoms with Gasteiger partial charge in [-0.25, -0.2) is 0 Å². The summed E-state index contributed by atoms with van der Waals surface area (Å²) in [4.78, 5) is 28.0. The highest BCUT2D eigenvalue weighted by molar-refractivity contribution is 6.33. The topological polar surface area (TPSA) is 84.6 Å². The number of benzene rings is 2. The van der Waals surface area contributed by atoms with Gasteiger partial charge in [0.05, 0.1) is 6.54 Å². The zero-order valence-corrected chi connectivity index (χ0v) is 17.6. The third-order valence-corrected chi connectivity index (χ3v) is 5.93. The first-order chi connectivity index (χ1) is 15.5. The van der Waals surface area contributed by atoms with E-state index in [4.69, 9.17) is 9.47 Å². The molecule has 0 unspecified atom stereocenters. The highest BCUT2D eigenvalue weighted by Crippen LogP contribution is 2.35. The average Bonchev–Trinajstić information content (AvgIpc) is 3.38. The first-order valence-corrected chi connectivity index (χ1v) is 10.1. The molecule has 2 aliphatic rings. The third-order valence-electron chi connectivity index (χ3n) is 5.93. The number of imide groups is 1. The van der Waals surface area contributed by atoms with Crippen molar-refractivity contribution in [3.63, 3.8) is 0 Å². The third kappa shape index (κ3) is 3.05. The maximum absolute atomic E-state index is 13.5. The van der Waals surface area contributed by atoms with Gasteiger partial charge in [-0.2, -0.15) is 5.26 Å². The lowest BCUT2D eigenvalue weighted by molar-refractivity contribution is -0.123. The fraction of sp³-hybridized carbons (Fsp3) is 0.160. The number of fused-ring (bicyclic) bond motifs is 2. The maximum atomic E-state index is 13.5. The van der Waals surface area contributed by atoms with Crippen molar-refractivity contribution in [1.82, 2.24) is 9.47 Å². The molecular formula is C25H19N3O4. The fourth-order valence-corrected chi connectivity index (χ4v) is 4.04. The lowest BCUT2D eigenvalue weighted by atomic mass is 9.91. The van der Waals surface area contributed by atoms with Crippen LogP contribution >= 0.6 is 0 Å². The maximum Gasteiger partial charge on any atom is 0.261 e. The lowest BCUT2D eigenvalue weighted by Crippen LogP contribution is -2.41. The molecule has 0 aliphatic carbocycles. The predicted molar refractivity (Wildman–Crippen MR) is 117 cm³/mol. The van der Waals surface area contributed by atoms with Crippen LogP contribution in [-0.2, 0) is 18.4 Å². The Labute approximate surface area is 184 Å². The molecule has 0 atom stereocenters. The van der Waals surface area contributed by atoms with Crippen LogP contribution in [0.4, 0.5) is 0 Å². The Morgan fingerprint density at radius 1 is 1.03 bits per heavy atom. The molecule has 0 radical (unpaired) electrons. The Hall–Kier alpha value is -4.31. The van der Waals surface area contributed by atoms with Crippen LogP contribution in [0.2, 0.25) is 0 Å². The summed E-state index contributed by atoms with van der Waals surface area (Å²) in [5.74, 6) is 0.513. The van der Waals surface area contributed by atoms with E-state index < -0.39 is 0 Å². The van der Waals surface area contributed by atoms with Crippen molar-refractivity contribution < 1.29 is 19.1 Å². The van der Waals surface area contributed by atoms with Gasteiger partial charge in [-0.3, -0.25) is 14.5 Å². The van der Waals surface area contributed by atoms with Crippen LogP contribution in [0.1, 0.15) is 38.4 Å². The number of amides is 2. The van der Waals surface area contributed by atoms with Gasteiger partial charge in [0.15, 0.2) is 11.5 Å². The molecule has 0 saturated carbocycles. The minimum absolute atomic E-state index is 0.108. The predicted octanol–water partition coefficient (Wildman–Crippen LogP) is 3.66. The Morgan fingerprint density at radius 3 is 2.53 bits per heavy atom. The Morgan fingerprint density at radius 2 is 1.78 bits per heavy atom. The highest BCUT2D eigenvalue weighted by atomic mass is 16.7. The molecule has 0 spiro atoms. The molecule has 0 saturated heterocycles. The largest absolute Gasteiger partial charge is 0.454 e. The number of aromatic nitrogens is 1. The summed E-state index contributed by atoms with van der Waals surface area (Å²) in [5, 5.41) is 9.35. The summed E-state index contributed by atoms with van der Waals surface area (Å²) in [5.41, 5.74) is 4.35. The molecule has 2 aromatic carbocycles. The van der Waals surface area contributed by atoms with Gasteiger partial charge in [0.2, 0.25) is 6.79 Å². The van der Waals surface area contributed by atoms with Crippen molar-refractivity contribution in [3.05, 3.63) is 82.2 Å². The van der Waals surface area contributed by atoms with Crippen molar-refractivity contribution in [3.8, 4) is 17.6 Å². The molecule has 7 nitrogen and oxygen atoms in total. The first kappa shape index (κ1) is 19.6. The Kier molecular flexibility index (Phi) is 4.56. The first-order valence-electron chi connectivity index (χ1n) is 10.1. The van der Waals surface area contributed by atoms with Gasteiger partial charge < -0.3 is 14.0 Å². The summed E-state index contributed by atoms with van der Waals surface area (Å²) < 4.78 is 12.5.